The molecule has 0 fully saturated rings. The number of nitrogens with zero attached hydrogens (tertiary/aromatic N) is 1. The van der Waals surface area contributed by atoms with Gasteiger partial charge < -0.3 is 5.32 Å². The molecule has 0 radical (unpaired) electrons. The van der Waals surface area contributed by atoms with Gasteiger partial charge in [0.05, 0.1) is 5.42 Å². The van der Waals surface area contributed by atoms with E-state index in [0.29, 0.717) is 4.99 Å². The molecule has 2 nitrogen and oxygen atoms in total. The average molecular weight is 437 g/mol. The van der Waals surface area contributed by atoms with E-state index in [9.17, 15) is 0 Å². The van der Waals surface area contributed by atoms with E-state index >= 15 is 0 Å². The summed E-state index contributed by atoms with van der Waals surface area (Å²) in [5.74, 6) is 0.813. The molecule has 0 saturated carbocycles. The van der Waals surface area contributed by atoms with Crippen LogP contribution >= 0.6 is 19.1 Å². The van der Waals surface area contributed by atoms with Crippen LogP contribution in [0.3, 0.4) is 0 Å². The molecule has 4 aromatic rings. The van der Waals surface area contributed by atoms with E-state index in [-0.39, 0.29) is 0 Å². The van der Waals surface area contributed by atoms with Gasteiger partial charge in [0.2, 0.25) is 0 Å². The van der Waals surface area contributed by atoms with Crippen molar-refractivity contribution in [2.24, 2.45) is 4.99 Å². The molecular formula is C27H21N2PS. The molecule has 150 valence electrons. The van der Waals surface area contributed by atoms with E-state index in [2.05, 4.69) is 108 Å². The van der Waals surface area contributed by atoms with Gasteiger partial charge in [0.15, 0.2) is 4.99 Å². The van der Waals surface area contributed by atoms with E-state index in [4.69, 9.17) is 17.2 Å². The van der Waals surface area contributed by atoms with Crippen molar-refractivity contribution in [1.82, 2.24) is 5.32 Å². The molecule has 1 N–H and O–H groups in total. The zero-order valence-corrected chi connectivity index (χ0v) is 18.6. The van der Waals surface area contributed by atoms with Crippen molar-refractivity contribution in [2.75, 3.05) is 0 Å². The Balaban J connectivity index is 1.87. The molecule has 0 atom stereocenters. The van der Waals surface area contributed by atoms with Gasteiger partial charge >= 0.3 is 0 Å². The number of hydrogen-bond donors (Lipinski definition) is 1. The molecule has 4 heteroatoms. The molecule has 0 aromatic heterocycles. The maximum atomic E-state index is 5.91. The van der Waals surface area contributed by atoms with Crippen molar-refractivity contribution in [3.8, 4) is 0 Å². The number of hydrogen-bond acceptors (Lipinski definition) is 1. The maximum Gasteiger partial charge on any atom is 0.153 e. The summed E-state index contributed by atoms with van der Waals surface area (Å²) in [7, 11) is 0. The zero-order valence-electron chi connectivity index (χ0n) is 16.8. The van der Waals surface area contributed by atoms with Crippen molar-refractivity contribution in [1.29, 1.82) is 0 Å². The highest BCUT2D eigenvalue weighted by atomic mass is 32.1. The Bertz CT molecular complexity index is 1200. The largest absolute Gasteiger partial charge is 0.336 e. The molecule has 0 unspecified atom stereocenters. The Labute approximate surface area is 188 Å². The van der Waals surface area contributed by atoms with Crippen molar-refractivity contribution in [3.63, 3.8) is 0 Å². The van der Waals surface area contributed by atoms with E-state index in [1.165, 1.54) is 15.9 Å². The summed E-state index contributed by atoms with van der Waals surface area (Å²) in [6.07, 6.45) is 0. The highest BCUT2D eigenvalue weighted by Gasteiger charge is 2.34. The second kappa shape index (κ2) is 8.47. The van der Waals surface area contributed by atoms with Gasteiger partial charge in [-0.1, -0.05) is 134 Å². The molecule has 0 saturated heterocycles. The Hall–Kier alpha value is -3.26. The molecule has 31 heavy (non-hydrogen) atoms. The lowest BCUT2D eigenvalue weighted by atomic mass is 10.2. The van der Waals surface area contributed by atoms with E-state index < -0.39 is 6.89 Å². The average Bonchev–Trinajstić information content (AvgIpc) is 3.24. The summed E-state index contributed by atoms with van der Waals surface area (Å²) in [6, 6.07) is 42.3. The molecule has 1 heterocycles. The van der Waals surface area contributed by atoms with E-state index in [1.807, 2.05) is 18.2 Å². The predicted molar refractivity (Wildman–Crippen MR) is 139 cm³/mol. The van der Waals surface area contributed by atoms with Crippen LogP contribution in [0, 0.1) is 0 Å². The smallest absolute Gasteiger partial charge is 0.153 e. The quantitative estimate of drug-likeness (QED) is 0.377. The third-order valence-corrected chi connectivity index (χ3v) is 10.1. The summed E-state index contributed by atoms with van der Waals surface area (Å²) in [6.45, 7) is -2.27. The maximum absolute atomic E-state index is 5.91. The topological polar surface area (TPSA) is 24.4 Å². The normalized spacial score (nSPS) is 13.6. The van der Waals surface area contributed by atoms with Gasteiger partial charge in [0, 0.05) is 12.4 Å². The molecule has 0 spiro atoms. The number of nitrogens with one attached hydrogen (secondary N) is 1. The standard InChI is InChI=1S/C27H21N2PS/c31-27-26(28-25(29-27)21-13-5-1-6-14-21)30(22-15-7-2-8-16-22,23-17-9-3-10-18-23)24-19-11-4-12-20-24/h1-20H,(H,28,29,31). The third-order valence-electron chi connectivity index (χ3n) is 5.47. The van der Waals surface area contributed by atoms with Crippen molar-refractivity contribution in [2.45, 2.75) is 0 Å². The Morgan fingerprint density at radius 3 is 1.35 bits per heavy atom. The molecule has 0 bridgehead atoms. The van der Waals surface area contributed by atoms with E-state index in [0.717, 1.165) is 16.8 Å². The predicted octanol–water partition coefficient (Wildman–Crippen LogP) is 4.49. The van der Waals surface area contributed by atoms with Crippen molar-refractivity contribution >= 4 is 51.3 Å². The minimum absolute atomic E-state index is 0.628. The number of benzene rings is 4. The van der Waals surface area contributed by atoms with Gasteiger partial charge in [-0.25, -0.2) is 4.99 Å². The van der Waals surface area contributed by atoms with Crippen LogP contribution in [0.5, 0.6) is 0 Å². The summed E-state index contributed by atoms with van der Waals surface area (Å²) in [5, 5.41) is 7.42. The number of thiocarbonyl (C=S) groups is 1. The fraction of sp³-hybridized carbons (Fsp3) is 0. The summed E-state index contributed by atoms with van der Waals surface area (Å²) in [4.78, 5) is 5.44. The van der Waals surface area contributed by atoms with Gasteiger partial charge in [0.25, 0.3) is 0 Å². The number of amidine groups is 1. The van der Waals surface area contributed by atoms with Crippen LogP contribution in [-0.4, -0.2) is 16.2 Å². The first-order chi connectivity index (χ1) is 15.3. The van der Waals surface area contributed by atoms with Crippen LogP contribution in [-0.2, 0) is 0 Å². The van der Waals surface area contributed by atoms with Gasteiger partial charge in [0.1, 0.15) is 5.84 Å². The molecule has 0 aliphatic carbocycles. The SMILES string of the molecule is S=C1N=C(c2ccccc2)NC1=P(c1ccccc1)(c1ccccc1)c1ccccc1. The lowest BCUT2D eigenvalue weighted by molar-refractivity contribution is 1.43. The van der Waals surface area contributed by atoms with Crippen LogP contribution in [0.15, 0.2) is 126 Å². The second-order valence-corrected chi connectivity index (χ2v) is 11.0. The molecule has 0 amide bonds. The van der Waals surface area contributed by atoms with Gasteiger partial charge in [-0.05, 0) is 15.9 Å². The minimum Gasteiger partial charge on any atom is -0.336 e. The summed E-state index contributed by atoms with van der Waals surface area (Å²) < 4.78 is 0. The van der Waals surface area contributed by atoms with Gasteiger partial charge in [-0.3, -0.25) is 0 Å². The Kier molecular flexibility index (Phi) is 5.38. The number of aliphatic imine (C=N–C) groups is 1. The lowest BCUT2D eigenvalue weighted by Gasteiger charge is -2.31. The van der Waals surface area contributed by atoms with Crippen LogP contribution in [0.2, 0.25) is 0 Å². The van der Waals surface area contributed by atoms with Gasteiger partial charge in [-0.2, -0.15) is 0 Å². The number of rotatable bonds is 4. The second-order valence-electron chi connectivity index (χ2n) is 7.28. The lowest BCUT2D eigenvalue weighted by Crippen LogP contribution is -2.38. The summed E-state index contributed by atoms with van der Waals surface area (Å²) >= 11 is 5.91. The van der Waals surface area contributed by atoms with Crippen LogP contribution in [0.4, 0.5) is 0 Å². The molecule has 1 aliphatic rings. The zero-order chi connectivity index (χ0) is 21.1. The molecular weight excluding hydrogens is 415 g/mol. The van der Waals surface area contributed by atoms with Gasteiger partial charge in [-0.15, -0.1) is 0 Å². The first-order valence-electron chi connectivity index (χ1n) is 10.2. The molecule has 1 aliphatic heterocycles. The van der Waals surface area contributed by atoms with Crippen LogP contribution in [0.1, 0.15) is 5.56 Å². The Morgan fingerprint density at radius 1 is 0.548 bits per heavy atom. The summed E-state index contributed by atoms with van der Waals surface area (Å²) in [5.41, 5.74) is 2.05. The first kappa shape index (κ1) is 19.7. The fourth-order valence-corrected chi connectivity index (χ4v) is 8.79. The van der Waals surface area contributed by atoms with Crippen molar-refractivity contribution in [3.05, 3.63) is 127 Å². The molecule has 4 aromatic carbocycles. The highest BCUT2D eigenvalue weighted by Crippen LogP contribution is 2.46. The van der Waals surface area contributed by atoms with Crippen LogP contribution < -0.4 is 21.2 Å². The van der Waals surface area contributed by atoms with Crippen LogP contribution in [0.25, 0.3) is 0 Å². The van der Waals surface area contributed by atoms with Crippen molar-refractivity contribution < 1.29 is 0 Å². The third kappa shape index (κ3) is 3.46. The Morgan fingerprint density at radius 2 is 0.935 bits per heavy atom. The molecule has 5 rings (SSSR count). The minimum atomic E-state index is -2.27. The highest BCUT2D eigenvalue weighted by molar-refractivity contribution is 7.98. The fourth-order valence-electron chi connectivity index (χ4n) is 4.10. The first-order valence-corrected chi connectivity index (χ1v) is 12.4. The monoisotopic (exact) mass is 436 g/mol. The van der Waals surface area contributed by atoms with E-state index in [1.54, 1.807) is 0 Å².